The van der Waals surface area contributed by atoms with Gasteiger partial charge in [-0.1, -0.05) is 84.9 Å². The Kier molecular flexibility index (Phi) is 7.33. The lowest BCUT2D eigenvalue weighted by Gasteiger charge is -2.32. The summed E-state index contributed by atoms with van der Waals surface area (Å²) in [4.78, 5) is 0. The van der Waals surface area contributed by atoms with Crippen molar-refractivity contribution in [1.82, 2.24) is 4.57 Å². The lowest BCUT2D eigenvalue weighted by Crippen LogP contribution is -2.41. The SMILES string of the molecule is CC1(C)OB(c2ccccc2-c2cc(-c3ccccc3B3OC(C)(C)C(C)(C)O3)c3c(c2)c2ccccc2n3-c2ccccc2)OC1(C)C. The fourth-order valence-electron chi connectivity index (χ4n) is 7.16. The Morgan fingerprint density at radius 3 is 1.51 bits per heavy atom. The lowest BCUT2D eigenvalue weighted by atomic mass is 9.72. The highest BCUT2D eigenvalue weighted by molar-refractivity contribution is 6.64. The zero-order chi connectivity index (χ0) is 34.3. The number of hydrogen-bond donors (Lipinski definition) is 0. The summed E-state index contributed by atoms with van der Waals surface area (Å²) < 4.78 is 29.0. The van der Waals surface area contributed by atoms with Crippen LogP contribution < -0.4 is 10.9 Å². The second-order valence-corrected chi connectivity index (χ2v) is 15.5. The van der Waals surface area contributed by atoms with E-state index in [1.54, 1.807) is 0 Å². The summed E-state index contributed by atoms with van der Waals surface area (Å²) in [6.07, 6.45) is 0. The molecular weight excluding hydrogens is 604 g/mol. The van der Waals surface area contributed by atoms with Gasteiger partial charge in [-0.25, -0.2) is 0 Å². The second-order valence-electron chi connectivity index (χ2n) is 15.5. The molecule has 7 heteroatoms. The average molecular weight is 647 g/mol. The van der Waals surface area contributed by atoms with Crippen LogP contribution in [0.4, 0.5) is 0 Å². The molecule has 0 amide bonds. The molecule has 2 saturated heterocycles. The van der Waals surface area contributed by atoms with E-state index in [2.05, 4.69) is 175 Å². The summed E-state index contributed by atoms with van der Waals surface area (Å²) in [5.41, 5.74) is 7.89. The van der Waals surface area contributed by atoms with Gasteiger partial charge in [0.05, 0.1) is 33.4 Å². The van der Waals surface area contributed by atoms with Crippen molar-refractivity contribution >= 4 is 47.0 Å². The van der Waals surface area contributed by atoms with Crippen LogP contribution in [0, 0.1) is 0 Å². The molecule has 3 heterocycles. The topological polar surface area (TPSA) is 41.9 Å². The van der Waals surface area contributed by atoms with Crippen molar-refractivity contribution in [2.45, 2.75) is 77.8 Å². The van der Waals surface area contributed by atoms with Gasteiger partial charge in [0, 0.05) is 22.0 Å². The van der Waals surface area contributed by atoms with Crippen molar-refractivity contribution in [3.63, 3.8) is 0 Å². The predicted molar refractivity (Wildman–Crippen MR) is 203 cm³/mol. The smallest absolute Gasteiger partial charge is 0.399 e. The van der Waals surface area contributed by atoms with Gasteiger partial charge in [0.2, 0.25) is 0 Å². The molecule has 246 valence electrons. The van der Waals surface area contributed by atoms with Crippen molar-refractivity contribution in [2.24, 2.45) is 0 Å². The molecule has 2 fully saturated rings. The predicted octanol–water partition coefficient (Wildman–Crippen LogP) is 8.72. The molecule has 0 unspecified atom stereocenters. The van der Waals surface area contributed by atoms with Crippen LogP contribution in [0.3, 0.4) is 0 Å². The lowest BCUT2D eigenvalue weighted by molar-refractivity contribution is 0.00578. The zero-order valence-corrected chi connectivity index (χ0v) is 29.7. The number of rotatable bonds is 5. The molecule has 8 rings (SSSR count). The maximum absolute atomic E-state index is 6.68. The molecule has 0 aliphatic carbocycles. The van der Waals surface area contributed by atoms with Gasteiger partial charge < -0.3 is 23.2 Å². The van der Waals surface area contributed by atoms with Gasteiger partial charge in [-0.2, -0.15) is 0 Å². The Labute approximate surface area is 290 Å². The van der Waals surface area contributed by atoms with Crippen molar-refractivity contribution in [1.29, 1.82) is 0 Å². The highest BCUT2D eigenvalue weighted by Gasteiger charge is 2.53. The van der Waals surface area contributed by atoms with Crippen LogP contribution in [0.1, 0.15) is 55.4 Å². The van der Waals surface area contributed by atoms with Crippen LogP contribution >= 0.6 is 0 Å². The van der Waals surface area contributed by atoms with Gasteiger partial charge in [0.25, 0.3) is 0 Å². The first-order valence-electron chi connectivity index (χ1n) is 17.3. The summed E-state index contributed by atoms with van der Waals surface area (Å²) in [7, 11) is -1.02. The highest BCUT2D eigenvalue weighted by Crippen LogP contribution is 2.43. The molecule has 0 atom stereocenters. The number of benzene rings is 5. The van der Waals surface area contributed by atoms with Crippen LogP contribution in [0.25, 0.3) is 49.7 Å². The summed E-state index contributed by atoms with van der Waals surface area (Å²) in [5, 5.41) is 2.35. The zero-order valence-electron chi connectivity index (χ0n) is 29.7. The van der Waals surface area contributed by atoms with E-state index in [4.69, 9.17) is 18.6 Å². The van der Waals surface area contributed by atoms with Crippen molar-refractivity contribution in [3.05, 3.63) is 115 Å². The van der Waals surface area contributed by atoms with Gasteiger partial charge in [-0.15, -0.1) is 0 Å². The molecule has 0 spiro atoms. The monoisotopic (exact) mass is 647 g/mol. The molecule has 0 radical (unpaired) electrons. The maximum Gasteiger partial charge on any atom is 0.495 e. The first-order valence-corrected chi connectivity index (χ1v) is 17.3. The van der Waals surface area contributed by atoms with E-state index in [1.165, 1.54) is 10.8 Å². The van der Waals surface area contributed by atoms with Crippen LogP contribution in [0.5, 0.6) is 0 Å². The maximum atomic E-state index is 6.68. The minimum Gasteiger partial charge on any atom is -0.399 e. The summed E-state index contributed by atoms with van der Waals surface area (Å²) in [6.45, 7) is 16.8. The minimum absolute atomic E-state index is 0.454. The summed E-state index contributed by atoms with van der Waals surface area (Å²) in [5.74, 6) is 0. The Hall–Kier alpha value is -4.13. The first-order chi connectivity index (χ1) is 23.3. The molecule has 0 N–H and O–H groups in total. The Morgan fingerprint density at radius 2 is 0.918 bits per heavy atom. The van der Waals surface area contributed by atoms with Crippen molar-refractivity contribution < 1.29 is 18.6 Å². The molecule has 0 bridgehead atoms. The molecule has 2 aliphatic heterocycles. The van der Waals surface area contributed by atoms with E-state index >= 15 is 0 Å². The van der Waals surface area contributed by atoms with Crippen molar-refractivity contribution in [2.75, 3.05) is 0 Å². The number of para-hydroxylation sites is 2. The molecular formula is C42H43B2NO4. The average Bonchev–Trinajstić information content (AvgIpc) is 3.61. The highest BCUT2D eigenvalue weighted by atomic mass is 16.7. The van der Waals surface area contributed by atoms with Gasteiger partial charge in [-0.3, -0.25) is 0 Å². The summed E-state index contributed by atoms with van der Waals surface area (Å²) >= 11 is 0. The van der Waals surface area contributed by atoms with E-state index < -0.39 is 36.6 Å². The molecule has 49 heavy (non-hydrogen) atoms. The Morgan fingerprint density at radius 1 is 0.449 bits per heavy atom. The molecule has 6 aromatic rings. The van der Waals surface area contributed by atoms with Crippen molar-refractivity contribution in [3.8, 4) is 27.9 Å². The number of fused-ring (bicyclic) bond motifs is 3. The Balaban J connectivity index is 1.43. The Bertz CT molecular complexity index is 2190. The third-order valence-corrected chi connectivity index (χ3v) is 11.3. The number of aromatic nitrogens is 1. The fraction of sp³-hybridized carbons (Fsp3) is 0.286. The van der Waals surface area contributed by atoms with Gasteiger partial charge in [0.15, 0.2) is 0 Å². The van der Waals surface area contributed by atoms with Crippen LogP contribution in [-0.2, 0) is 18.6 Å². The summed E-state index contributed by atoms with van der Waals surface area (Å²) in [6, 6.07) is 41.0. The van der Waals surface area contributed by atoms with E-state index in [-0.39, 0.29) is 0 Å². The second kappa shape index (κ2) is 11.2. The normalized spacial score (nSPS) is 19.3. The van der Waals surface area contributed by atoms with Gasteiger partial charge in [-0.05, 0) is 113 Å². The third-order valence-electron chi connectivity index (χ3n) is 11.3. The van der Waals surface area contributed by atoms with Gasteiger partial charge >= 0.3 is 14.2 Å². The fourth-order valence-corrected chi connectivity index (χ4v) is 7.16. The molecule has 1 aromatic heterocycles. The first kappa shape index (κ1) is 32.1. The third kappa shape index (κ3) is 5.09. The molecule has 5 nitrogen and oxygen atoms in total. The quantitative estimate of drug-likeness (QED) is 0.176. The molecule has 0 saturated carbocycles. The number of hydrogen-bond acceptors (Lipinski definition) is 4. The van der Waals surface area contributed by atoms with Gasteiger partial charge in [0.1, 0.15) is 0 Å². The van der Waals surface area contributed by atoms with Crippen LogP contribution in [0.15, 0.2) is 115 Å². The standard InChI is InChI=1S/C42H43B2NO4/c1-39(2)40(3,4)47-43(46-39)35-23-15-12-20-30(35)28-26-33(31-21-13-16-24-36(31)44-48-41(5,6)42(7,8)49-44)38-34(27-28)32-22-14-17-25-37(32)45(38)29-18-10-9-11-19-29/h9-27H,1-8H3. The molecule has 2 aliphatic rings. The van der Waals surface area contributed by atoms with E-state index in [9.17, 15) is 0 Å². The van der Waals surface area contributed by atoms with Crippen LogP contribution in [-0.4, -0.2) is 41.2 Å². The number of nitrogens with zero attached hydrogens (tertiary/aromatic N) is 1. The minimum atomic E-state index is -0.522. The van der Waals surface area contributed by atoms with Crippen LogP contribution in [0.2, 0.25) is 0 Å². The largest absolute Gasteiger partial charge is 0.495 e. The van der Waals surface area contributed by atoms with E-state index in [0.717, 1.165) is 49.9 Å². The molecule has 5 aromatic carbocycles. The van der Waals surface area contributed by atoms with E-state index in [0.29, 0.717) is 0 Å². The van der Waals surface area contributed by atoms with E-state index in [1.807, 2.05) is 0 Å².